The number of ether oxygens (including phenoxy) is 2. The van der Waals surface area contributed by atoms with Crippen molar-refractivity contribution in [1.29, 1.82) is 0 Å². The van der Waals surface area contributed by atoms with E-state index in [2.05, 4.69) is 57.8 Å². The lowest BCUT2D eigenvalue weighted by atomic mass is 10.0. The lowest BCUT2D eigenvalue weighted by Gasteiger charge is -2.32. The topological polar surface area (TPSA) is 71.5 Å². The predicted molar refractivity (Wildman–Crippen MR) is 103 cm³/mol. The molecule has 27 heavy (non-hydrogen) atoms. The Bertz CT molecular complexity index is 854. The van der Waals surface area contributed by atoms with Crippen molar-refractivity contribution in [3.63, 3.8) is 0 Å². The summed E-state index contributed by atoms with van der Waals surface area (Å²) in [5.74, 6) is 1.86. The standard InChI is InChI=1S/C20H25N5O2/c1-13-11-25(7-8-26-13)18-10-17(21-12-22-18)19-15-9-14(27-20(2)5-6-20)3-4-16(15)23-24-19/h3-4,9-10,12-13,19,23-24H,5-8,11H2,1-2H3/t13-,19-/m1/s1. The van der Waals surface area contributed by atoms with Gasteiger partial charge in [0.15, 0.2) is 0 Å². The molecule has 1 saturated heterocycles. The first-order chi connectivity index (χ1) is 13.1. The molecule has 1 saturated carbocycles. The Morgan fingerprint density at radius 1 is 1.26 bits per heavy atom. The van der Waals surface area contributed by atoms with Gasteiger partial charge in [-0.2, -0.15) is 0 Å². The summed E-state index contributed by atoms with van der Waals surface area (Å²) < 4.78 is 11.8. The van der Waals surface area contributed by atoms with Gasteiger partial charge in [0.1, 0.15) is 23.5 Å². The molecule has 1 aromatic carbocycles. The number of morpholine rings is 1. The molecule has 0 amide bonds. The number of fused-ring (bicyclic) bond motifs is 1. The van der Waals surface area contributed by atoms with E-state index in [-0.39, 0.29) is 17.7 Å². The van der Waals surface area contributed by atoms with E-state index in [1.807, 2.05) is 6.07 Å². The van der Waals surface area contributed by atoms with Gasteiger partial charge in [0, 0.05) is 24.7 Å². The summed E-state index contributed by atoms with van der Waals surface area (Å²) in [4.78, 5) is 11.3. The Morgan fingerprint density at radius 3 is 2.96 bits per heavy atom. The molecule has 3 heterocycles. The number of nitrogens with one attached hydrogen (secondary N) is 2. The first-order valence-electron chi connectivity index (χ1n) is 9.63. The number of nitrogens with zero attached hydrogens (tertiary/aromatic N) is 3. The van der Waals surface area contributed by atoms with Crippen LogP contribution in [-0.2, 0) is 4.74 Å². The third kappa shape index (κ3) is 3.33. The van der Waals surface area contributed by atoms with Crippen molar-refractivity contribution in [2.24, 2.45) is 0 Å². The van der Waals surface area contributed by atoms with Crippen LogP contribution in [0.15, 0.2) is 30.6 Å². The zero-order valence-electron chi connectivity index (χ0n) is 15.7. The third-order valence-corrected chi connectivity index (χ3v) is 5.54. The third-order valence-electron chi connectivity index (χ3n) is 5.54. The maximum Gasteiger partial charge on any atom is 0.132 e. The average Bonchev–Trinajstić information content (AvgIpc) is 3.25. The second-order valence-corrected chi connectivity index (χ2v) is 7.93. The number of rotatable bonds is 4. The number of anilines is 2. The van der Waals surface area contributed by atoms with Crippen molar-refractivity contribution >= 4 is 11.5 Å². The molecule has 2 fully saturated rings. The minimum Gasteiger partial charge on any atom is -0.488 e. The molecule has 5 rings (SSSR count). The molecule has 7 nitrogen and oxygen atoms in total. The van der Waals surface area contributed by atoms with E-state index < -0.39 is 0 Å². The van der Waals surface area contributed by atoms with Gasteiger partial charge in [-0.15, -0.1) is 0 Å². The maximum atomic E-state index is 6.14. The van der Waals surface area contributed by atoms with Crippen molar-refractivity contribution in [3.05, 3.63) is 41.9 Å². The van der Waals surface area contributed by atoms with Gasteiger partial charge in [0.2, 0.25) is 0 Å². The molecular weight excluding hydrogens is 342 g/mol. The summed E-state index contributed by atoms with van der Waals surface area (Å²) in [6, 6.07) is 8.25. The Balaban J connectivity index is 1.41. The smallest absolute Gasteiger partial charge is 0.132 e. The minimum absolute atomic E-state index is 0.0122. The first-order valence-corrected chi connectivity index (χ1v) is 9.63. The monoisotopic (exact) mass is 367 g/mol. The molecule has 2 N–H and O–H groups in total. The van der Waals surface area contributed by atoms with Crippen LogP contribution in [0.4, 0.5) is 11.5 Å². The summed E-state index contributed by atoms with van der Waals surface area (Å²) in [5.41, 5.74) is 9.77. The molecular formula is C20H25N5O2. The highest BCUT2D eigenvalue weighted by molar-refractivity contribution is 5.61. The summed E-state index contributed by atoms with van der Waals surface area (Å²) in [7, 11) is 0. The van der Waals surface area contributed by atoms with Crippen LogP contribution in [0.2, 0.25) is 0 Å². The predicted octanol–water partition coefficient (Wildman–Crippen LogP) is 2.65. The Hall–Kier alpha value is -2.38. The van der Waals surface area contributed by atoms with E-state index in [4.69, 9.17) is 9.47 Å². The Labute approximate surface area is 159 Å². The lowest BCUT2D eigenvalue weighted by molar-refractivity contribution is 0.0529. The lowest BCUT2D eigenvalue weighted by Crippen LogP contribution is -2.41. The summed E-state index contributed by atoms with van der Waals surface area (Å²) >= 11 is 0. The highest BCUT2D eigenvalue weighted by atomic mass is 16.5. The fourth-order valence-corrected chi connectivity index (χ4v) is 3.70. The van der Waals surface area contributed by atoms with Crippen LogP contribution in [0.1, 0.15) is 44.0 Å². The van der Waals surface area contributed by atoms with E-state index in [1.165, 1.54) is 0 Å². The molecule has 2 aliphatic heterocycles. The quantitative estimate of drug-likeness (QED) is 0.861. The van der Waals surface area contributed by atoms with Gasteiger partial charge in [-0.05, 0) is 44.9 Å². The molecule has 0 spiro atoms. The van der Waals surface area contributed by atoms with E-state index >= 15 is 0 Å². The van der Waals surface area contributed by atoms with E-state index in [9.17, 15) is 0 Å². The van der Waals surface area contributed by atoms with Crippen LogP contribution in [0.25, 0.3) is 0 Å². The van der Waals surface area contributed by atoms with Gasteiger partial charge >= 0.3 is 0 Å². The zero-order valence-corrected chi connectivity index (χ0v) is 15.7. The fourth-order valence-electron chi connectivity index (χ4n) is 3.70. The van der Waals surface area contributed by atoms with Crippen LogP contribution < -0.4 is 20.5 Å². The van der Waals surface area contributed by atoms with Gasteiger partial charge in [0.05, 0.1) is 30.1 Å². The van der Waals surface area contributed by atoms with Gasteiger partial charge < -0.3 is 19.8 Å². The Kier molecular flexibility index (Phi) is 3.94. The van der Waals surface area contributed by atoms with Crippen LogP contribution >= 0.6 is 0 Å². The molecule has 2 atom stereocenters. The summed E-state index contributed by atoms with van der Waals surface area (Å²) in [5, 5.41) is 0. The van der Waals surface area contributed by atoms with E-state index in [0.717, 1.165) is 61.1 Å². The van der Waals surface area contributed by atoms with Crippen molar-refractivity contribution in [2.45, 2.75) is 44.4 Å². The molecule has 0 radical (unpaired) electrons. The van der Waals surface area contributed by atoms with E-state index in [0.29, 0.717) is 0 Å². The number of hydrogen-bond donors (Lipinski definition) is 2. The van der Waals surface area contributed by atoms with Crippen LogP contribution in [0.3, 0.4) is 0 Å². The second kappa shape index (κ2) is 6.35. The highest BCUT2D eigenvalue weighted by Crippen LogP contribution is 2.42. The number of hydrazine groups is 1. The molecule has 3 aliphatic rings. The van der Waals surface area contributed by atoms with Crippen LogP contribution in [-0.4, -0.2) is 41.4 Å². The average molecular weight is 367 g/mol. The van der Waals surface area contributed by atoms with Crippen molar-refractivity contribution in [1.82, 2.24) is 15.4 Å². The molecule has 142 valence electrons. The normalized spacial score (nSPS) is 25.6. The molecule has 2 aromatic rings. The zero-order chi connectivity index (χ0) is 18.4. The van der Waals surface area contributed by atoms with Crippen molar-refractivity contribution < 1.29 is 9.47 Å². The van der Waals surface area contributed by atoms with Gasteiger partial charge in [-0.25, -0.2) is 15.4 Å². The molecule has 1 aromatic heterocycles. The van der Waals surface area contributed by atoms with Gasteiger partial charge in [-0.3, -0.25) is 0 Å². The van der Waals surface area contributed by atoms with Crippen molar-refractivity contribution in [3.8, 4) is 5.75 Å². The van der Waals surface area contributed by atoms with Gasteiger partial charge in [0.25, 0.3) is 0 Å². The molecule has 1 aliphatic carbocycles. The van der Waals surface area contributed by atoms with Crippen molar-refractivity contribution in [2.75, 3.05) is 30.0 Å². The largest absolute Gasteiger partial charge is 0.488 e. The van der Waals surface area contributed by atoms with Crippen LogP contribution in [0, 0.1) is 0 Å². The Morgan fingerprint density at radius 2 is 2.15 bits per heavy atom. The van der Waals surface area contributed by atoms with Gasteiger partial charge in [-0.1, -0.05) is 0 Å². The first kappa shape index (κ1) is 16.8. The minimum atomic E-state index is -0.0317. The number of hydrogen-bond acceptors (Lipinski definition) is 7. The molecule has 0 bridgehead atoms. The number of aromatic nitrogens is 2. The summed E-state index contributed by atoms with van der Waals surface area (Å²) in [6.07, 6.45) is 4.11. The molecule has 0 unspecified atom stereocenters. The fraction of sp³-hybridized carbons (Fsp3) is 0.500. The number of benzene rings is 1. The van der Waals surface area contributed by atoms with E-state index in [1.54, 1.807) is 6.33 Å². The summed E-state index contributed by atoms with van der Waals surface area (Å²) in [6.45, 7) is 6.68. The second-order valence-electron chi connectivity index (χ2n) is 7.93. The maximum absolute atomic E-state index is 6.14. The highest BCUT2D eigenvalue weighted by Gasteiger charge is 2.40. The SMILES string of the molecule is C[C@@H]1CN(c2cc([C@@H]3NNc4ccc(OC5(C)CC5)cc43)ncn2)CCO1. The van der Waals surface area contributed by atoms with Crippen LogP contribution in [0.5, 0.6) is 5.75 Å². The molecule has 7 heteroatoms.